The first-order valence-corrected chi connectivity index (χ1v) is 9.00. The summed E-state index contributed by atoms with van der Waals surface area (Å²) in [4.78, 5) is 0. The Labute approximate surface area is 138 Å². The van der Waals surface area contributed by atoms with E-state index in [4.69, 9.17) is 5.73 Å². The van der Waals surface area contributed by atoms with Gasteiger partial charge in [0, 0.05) is 0 Å². The number of nitrogens with two attached hydrogens (primary N) is 1. The van der Waals surface area contributed by atoms with Gasteiger partial charge in [0.2, 0.25) is 0 Å². The molecule has 0 bridgehead atoms. The van der Waals surface area contributed by atoms with Crippen molar-refractivity contribution >= 4 is 45.6 Å². The van der Waals surface area contributed by atoms with E-state index in [-0.39, 0.29) is 15.0 Å². The van der Waals surface area contributed by atoms with Crippen molar-refractivity contribution in [3.63, 3.8) is 0 Å². The molecule has 0 aliphatic rings. The molecule has 1 heterocycles. The minimum atomic E-state index is 0.126. The van der Waals surface area contributed by atoms with Gasteiger partial charge in [0.15, 0.2) is 0 Å². The molecule has 0 aliphatic heterocycles. The molecule has 0 unspecified atom stereocenters. The van der Waals surface area contributed by atoms with Gasteiger partial charge in [0.25, 0.3) is 0 Å². The first-order valence-electron chi connectivity index (χ1n) is 6.49. The van der Waals surface area contributed by atoms with Crippen LogP contribution >= 0.6 is 15.9 Å². The Kier molecular flexibility index (Phi) is 4.15. The number of nitrogen functional groups attached to an aromatic ring is 1. The number of anilines is 1. The average molecular weight is 407 g/mol. The maximum atomic E-state index is 6.33. The predicted molar refractivity (Wildman–Crippen MR) is 91.9 cm³/mol. The first-order chi connectivity index (χ1) is 10.2. The van der Waals surface area contributed by atoms with Gasteiger partial charge in [-0.05, 0) is 0 Å². The van der Waals surface area contributed by atoms with Gasteiger partial charge in [-0.25, -0.2) is 0 Å². The molecule has 106 valence electrons. The second-order valence-electron chi connectivity index (χ2n) is 4.58. The van der Waals surface area contributed by atoms with Gasteiger partial charge in [-0.1, -0.05) is 0 Å². The average Bonchev–Trinajstić information content (AvgIpc) is 2.78. The van der Waals surface area contributed by atoms with Crippen LogP contribution in [-0.4, -0.2) is 24.7 Å². The summed E-state index contributed by atoms with van der Waals surface area (Å²) >= 11 is 3.73. The summed E-state index contributed by atoms with van der Waals surface area (Å²) in [7, 11) is 0. The monoisotopic (exact) mass is 407 g/mol. The van der Waals surface area contributed by atoms with E-state index in [1.807, 2.05) is 48.0 Å². The van der Waals surface area contributed by atoms with E-state index in [0.29, 0.717) is 0 Å². The van der Waals surface area contributed by atoms with E-state index in [9.17, 15) is 0 Å². The summed E-state index contributed by atoms with van der Waals surface area (Å²) in [5.41, 5.74) is 8.32. The molecular weight excluding hydrogens is 393 g/mol. The van der Waals surface area contributed by atoms with Crippen LogP contribution in [-0.2, 0) is 0 Å². The van der Waals surface area contributed by atoms with Crippen LogP contribution in [0.5, 0.6) is 0 Å². The Hall–Kier alpha value is -1.55. The van der Waals surface area contributed by atoms with Crippen LogP contribution < -0.4 is 14.7 Å². The summed E-state index contributed by atoms with van der Waals surface area (Å²) in [6.45, 7) is 2.02. The SMILES string of the molecule is Cc1nn(-c2ccccc2)c(N)c1[Se]c1ccccc1Br. The van der Waals surface area contributed by atoms with E-state index in [1.165, 1.54) is 4.46 Å². The minimum absolute atomic E-state index is 0.126. The molecule has 0 aliphatic carbocycles. The van der Waals surface area contributed by atoms with Gasteiger partial charge in [-0.3, -0.25) is 0 Å². The van der Waals surface area contributed by atoms with Gasteiger partial charge < -0.3 is 0 Å². The van der Waals surface area contributed by atoms with E-state index >= 15 is 0 Å². The molecule has 0 amide bonds. The zero-order valence-corrected chi connectivity index (χ0v) is 14.8. The zero-order chi connectivity index (χ0) is 14.8. The number of hydrogen-bond donors (Lipinski definition) is 1. The topological polar surface area (TPSA) is 43.8 Å². The van der Waals surface area contributed by atoms with E-state index in [0.717, 1.165) is 26.1 Å². The Morgan fingerprint density at radius 1 is 1.05 bits per heavy atom. The van der Waals surface area contributed by atoms with Crippen LogP contribution in [0.15, 0.2) is 59.1 Å². The van der Waals surface area contributed by atoms with Crippen molar-refractivity contribution in [1.29, 1.82) is 0 Å². The van der Waals surface area contributed by atoms with Gasteiger partial charge in [0.05, 0.1) is 0 Å². The van der Waals surface area contributed by atoms with Crippen LogP contribution in [0.3, 0.4) is 0 Å². The maximum absolute atomic E-state index is 6.33. The van der Waals surface area contributed by atoms with E-state index < -0.39 is 0 Å². The zero-order valence-electron chi connectivity index (χ0n) is 11.5. The van der Waals surface area contributed by atoms with Crippen LogP contribution in [0.1, 0.15) is 5.69 Å². The fourth-order valence-electron chi connectivity index (χ4n) is 2.06. The Balaban J connectivity index is 2.01. The molecule has 0 radical (unpaired) electrons. The molecule has 21 heavy (non-hydrogen) atoms. The van der Waals surface area contributed by atoms with E-state index in [1.54, 1.807) is 0 Å². The second kappa shape index (κ2) is 6.06. The van der Waals surface area contributed by atoms with Crippen molar-refractivity contribution in [3.8, 4) is 5.69 Å². The van der Waals surface area contributed by atoms with E-state index in [2.05, 4.69) is 39.2 Å². The molecule has 5 heteroatoms. The number of aryl methyl sites for hydroxylation is 1. The summed E-state index contributed by atoms with van der Waals surface area (Å²) in [5, 5.41) is 4.60. The number of benzene rings is 2. The molecule has 0 atom stereocenters. The number of nitrogens with zero attached hydrogens (tertiary/aromatic N) is 2. The van der Waals surface area contributed by atoms with Gasteiger partial charge >= 0.3 is 139 Å². The molecular formula is C16H14BrN3Se. The van der Waals surface area contributed by atoms with Crippen LogP contribution in [0, 0.1) is 6.92 Å². The molecule has 3 rings (SSSR count). The molecule has 0 fully saturated rings. The van der Waals surface area contributed by atoms with Crippen molar-refractivity contribution in [3.05, 3.63) is 64.8 Å². The van der Waals surface area contributed by atoms with Crippen LogP contribution in [0.4, 0.5) is 5.82 Å². The number of hydrogen-bond acceptors (Lipinski definition) is 2. The number of rotatable bonds is 3. The molecule has 1 aromatic heterocycles. The summed E-state index contributed by atoms with van der Waals surface area (Å²) in [6.07, 6.45) is 0. The Bertz CT molecular complexity index is 768. The fraction of sp³-hybridized carbons (Fsp3) is 0.0625. The standard InChI is InChI=1S/C16H14BrN3Se/c1-11-15(21-14-10-6-5-9-13(14)17)16(18)20(19-11)12-7-3-2-4-8-12/h2-10H,18H2,1H3. The van der Waals surface area contributed by atoms with Crippen LogP contribution in [0.25, 0.3) is 5.69 Å². The van der Waals surface area contributed by atoms with Crippen molar-refractivity contribution in [2.45, 2.75) is 6.92 Å². The second-order valence-corrected chi connectivity index (χ2v) is 7.64. The van der Waals surface area contributed by atoms with Gasteiger partial charge in [0.1, 0.15) is 0 Å². The third kappa shape index (κ3) is 2.91. The molecule has 2 N–H and O–H groups in total. The third-order valence-electron chi connectivity index (χ3n) is 3.09. The molecule has 0 saturated heterocycles. The van der Waals surface area contributed by atoms with Crippen molar-refractivity contribution in [2.24, 2.45) is 0 Å². The third-order valence-corrected chi connectivity index (χ3v) is 7.07. The van der Waals surface area contributed by atoms with Crippen LogP contribution in [0.2, 0.25) is 0 Å². The molecule has 0 spiro atoms. The summed E-state index contributed by atoms with van der Waals surface area (Å²) < 4.78 is 5.35. The van der Waals surface area contributed by atoms with Crippen molar-refractivity contribution in [1.82, 2.24) is 9.78 Å². The molecule has 3 nitrogen and oxygen atoms in total. The number of halogens is 1. The Morgan fingerprint density at radius 3 is 2.43 bits per heavy atom. The van der Waals surface area contributed by atoms with Gasteiger partial charge in [-0.15, -0.1) is 0 Å². The molecule has 2 aromatic carbocycles. The summed E-state index contributed by atoms with van der Waals surface area (Å²) in [6, 6.07) is 18.3. The fourth-order valence-corrected chi connectivity index (χ4v) is 4.68. The number of para-hydroxylation sites is 1. The molecule has 3 aromatic rings. The Morgan fingerprint density at radius 2 is 1.71 bits per heavy atom. The summed E-state index contributed by atoms with van der Waals surface area (Å²) in [5.74, 6) is 0.731. The normalized spacial score (nSPS) is 10.8. The quantitative estimate of drug-likeness (QED) is 0.677. The molecule has 0 saturated carbocycles. The predicted octanol–water partition coefficient (Wildman–Crippen LogP) is 2.18. The van der Waals surface area contributed by atoms with Gasteiger partial charge in [-0.2, -0.15) is 0 Å². The van der Waals surface area contributed by atoms with Crippen molar-refractivity contribution < 1.29 is 0 Å². The number of aromatic nitrogens is 2. The van der Waals surface area contributed by atoms with Crippen molar-refractivity contribution in [2.75, 3.05) is 5.73 Å². The first kappa shape index (κ1) is 14.4.